The van der Waals surface area contributed by atoms with Crippen LogP contribution >= 0.6 is 0 Å². The molecule has 0 aliphatic carbocycles. The largest absolute Gasteiger partial charge is 1.00 e. The normalized spacial score (nSPS) is 4.00. The molecule has 34 valence electrons. The second-order valence-corrected chi connectivity index (χ2v) is 0.283. The average Bonchev–Trinajstić information content (AvgIpc) is 0.811. The van der Waals surface area contributed by atoms with Gasteiger partial charge in [0.1, 0.15) is 0 Å². The van der Waals surface area contributed by atoms with Gasteiger partial charge in [-0.05, 0) is 0 Å². The van der Waals surface area contributed by atoms with E-state index in [1.54, 1.807) is 0 Å². The Bertz CT molecular complexity index is 37.9. The Balaban J connectivity index is -0.0000000150. The molecule has 0 fully saturated rings. The maximum Gasteiger partial charge on any atom is 1.00 e. The quantitative estimate of drug-likeness (QED) is 0.480. The minimum atomic E-state index is -1.83. The molecule has 0 saturated heterocycles. The van der Waals surface area contributed by atoms with Crippen molar-refractivity contribution in [1.82, 2.24) is 0 Å². The van der Waals surface area contributed by atoms with Crippen LogP contribution in [0.15, 0.2) is 0 Å². The minimum Gasteiger partial charge on any atom is -1.00 e. The molecule has 0 aliphatic heterocycles. The molecule has 0 heterocycles. The van der Waals surface area contributed by atoms with E-state index < -0.39 is 6.16 Å². The van der Waals surface area contributed by atoms with Gasteiger partial charge in [0.25, 0.3) is 0 Å². The summed E-state index contributed by atoms with van der Waals surface area (Å²) in [6.45, 7) is 0. The van der Waals surface area contributed by atoms with Gasteiger partial charge in [0.05, 0.1) is 0 Å². The Kier molecular flexibility index (Phi) is 27.3. The first-order valence-corrected chi connectivity index (χ1v) is 0.651. The summed E-state index contributed by atoms with van der Waals surface area (Å²) in [6.07, 6.45) is -1.83. The smallest absolute Gasteiger partial charge is 1.00 e. The molecule has 6 heavy (non-hydrogen) atoms. The molecule has 0 aliphatic rings. The molecule has 0 unspecified atom stereocenters. The molecular weight excluding hydrogens is 305 g/mol. The van der Waals surface area contributed by atoms with Crippen LogP contribution in [0.5, 0.6) is 0 Å². The van der Waals surface area contributed by atoms with Gasteiger partial charge < -0.3 is 11.6 Å². The van der Waals surface area contributed by atoms with Crippen LogP contribution in [0.25, 0.3) is 0 Å². The van der Waals surface area contributed by atoms with Gasteiger partial charge in [-0.2, -0.15) is 0 Å². The van der Waals surface area contributed by atoms with Crippen LogP contribution in [-0.4, -0.2) is 16.4 Å². The number of carbonyl (C=O) groups is 1. The van der Waals surface area contributed by atoms with Gasteiger partial charge >= 0.3 is 35.7 Å². The van der Waals surface area contributed by atoms with Crippen molar-refractivity contribution in [2.75, 3.05) is 0 Å². The molecule has 0 aromatic carbocycles. The van der Waals surface area contributed by atoms with Gasteiger partial charge in [-0.15, -0.1) is 0 Å². The van der Waals surface area contributed by atoms with Crippen molar-refractivity contribution in [1.29, 1.82) is 0 Å². The third-order valence-electron chi connectivity index (χ3n) is 0. The van der Waals surface area contributed by atoms with Crippen LogP contribution in [0.2, 0.25) is 0 Å². The fourth-order valence-electron chi connectivity index (χ4n) is 0. The zero-order chi connectivity index (χ0) is 3.58. The molecule has 5 heteroatoms. The zero-order valence-electron chi connectivity index (χ0n) is 4.16. The molecule has 0 amide bonds. The van der Waals surface area contributed by atoms with Crippen LogP contribution in [0.3, 0.4) is 0 Å². The van der Waals surface area contributed by atoms with Gasteiger partial charge in [0.15, 0.2) is 0 Å². The van der Waals surface area contributed by atoms with E-state index in [1.165, 1.54) is 0 Å². The van der Waals surface area contributed by atoms with Crippen molar-refractivity contribution in [3.05, 3.63) is 0 Å². The molecule has 0 atom stereocenters. The van der Waals surface area contributed by atoms with E-state index in [0.29, 0.717) is 0 Å². The second kappa shape index (κ2) is 10.4. The Morgan fingerprint density at radius 1 is 1.50 bits per heavy atom. The van der Waals surface area contributed by atoms with Gasteiger partial charge in [0, 0.05) is 71.9 Å². The van der Waals surface area contributed by atoms with Crippen molar-refractivity contribution in [3.8, 4) is 0 Å². The number of rotatable bonds is 0. The predicted molar refractivity (Wildman–Crippen MR) is 11.8 cm³/mol. The van der Waals surface area contributed by atoms with E-state index in [9.17, 15) is 0 Å². The maximum atomic E-state index is 8.56. The van der Waals surface area contributed by atoms with E-state index in [-0.39, 0.29) is 103 Å². The Morgan fingerprint density at radius 2 is 1.50 bits per heavy atom. The zero-order valence-corrected chi connectivity index (χ0v) is 7.91. The van der Waals surface area contributed by atoms with Gasteiger partial charge in [-0.25, -0.2) is 4.79 Å². The van der Waals surface area contributed by atoms with Crippen molar-refractivity contribution in [2.45, 2.75) is 0 Å². The summed E-state index contributed by atoms with van der Waals surface area (Å²) in [4.78, 5) is 8.56. The summed E-state index contributed by atoms with van der Waals surface area (Å²) >= 11 is 0. The second-order valence-electron chi connectivity index (χ2n) is 0.283. The fraction of sp³-hybridized carbons (Fsp3) is 0. The molecule has 0 radical (unpaired) electrons. The Hall–Kier alpha value is 2.39. The van der Waals surface area contributed by atoms with E-state index in [2.05, 4.69) is 0 Å². The van der Waals surface area contributed by atoms with Crippen molar-refractivity contribution < 1.29 is 118 Å². The molecule has 0 spiro atoms. The van der Waals surface area contributed by atoms with Crippen molar-refractivity contribution >= 4 is 6.16 Å². The van der Waals surface area contributed by atoms with Crippen LogP contribution < -0.4 is 29.6 Å². The molecular formula is CH3NaO3Rn. The molecule has 0 bridgehead atoms. The summed E-state index contributed by atoms with van der Waals surface area (Å²) in [5.41, 5.74) is 0. The first kappa shape index (κ1) is 15.8. The molecule has 3 nitrogen and oxygen atoms in total. The summed E-state index contributed by atoms with van der Waals surface area (Å²) in [5, 5.41) is 13.9. The van der Waals surface area contributed by atoms with E-state index >= 15 is 0 Å². The predicted octanol–water partition coefficient (Wildman–Crippen LogP) is -2.66. The standard InChI is InChI=1S/CH2O3.Na.Rn.H/c2-1(3)4;;;/h(H2,2,3,4);;;/q;+1;;-1. The van der Waals surface area contributed by atoms with Gasteiger partial charge in [-0.3, -0.25) is 0 Å². The summed E-state index contributed by atoms with van der Waals surface area (Å²) < 4.78 is 0. The van der Waals surface area contributed by atoms with Crippen LogP contribution in [-0.2, 0) is 0 Å². The number of carboxylic acid groups (broad SMARTS) is 2. The minimum absolute atomic E-state index is 0. The molecule has 0 rings (SSSR count). The van der Waals surface area contributed by atoms with Crippen molar-refractivity contribution in [3.63, 3.8) is 0 Å². The Labute approximate surface area is 120 Å². The van der Waals surface area contributed by atoms with Crippen LogP contribution in [0.4, 0.5) is 4.79 Å². The molecule has 0 saturated carbocycles. The Morgan fingerprint density at radius 3 is 1.50 bits per heavy atom. The van der Waals surface area contributed by atoms with E-state index in [1.807, 2.05) is 0 Å². The third-order valence-corrected chi connectivity index (χ3v) is 0. The van der Waals surface area contributed by atoms with Gasteiger partial charge in [0.2, 0.25) is 0 Å². The maximum absolute atomic E-state index is 8.56. The molecule has 2 N–H and O–H groups in total. The van der Waals surface area contributed by atoms with E-state index in [4.69, 9.17) is 15.0 Å². The number of hydrogen-bond acceptors (Lipinski definition) is 1. The topological polar surface area (TPSA) is 57.5 Å². The summed E-state index contributed by atoms with van der Waals surface area (Å²) in [7, 11) is 0. The van der Waals surface area contributed by atoms with E-state index in [0.717, 1.165) is 0 Å². The fourth-order valence-corrected chi connectivity index (χ4v) is 0. The van der Waals surface area contributed by atoms with Crippen molar-refractivity contribution in [2.24, 2.45) is 0 Å². The SMILES string of the molecule is O=C(O)O.[H-].[Na+].[Rn]. The molecule has 0 aromatic heterocycles. The van der Waals surface area contributed by atoms with Crippen LogP contribution in [0.1, 0.15) is 1.43 Å². The first-order chi connectivity index (χ1) is 1.73. The van der Waals surface area contributed by atoms with Crippen LogP contribution in [0, 0.1) is 71.9 Å². The monoisotopic (exact) mass is 308 g/mol. The van der Waals surface area contributed by atoms with Gasteiger partial charge in [-0.1, -0.05) is 0 Å². The third kappa shape index (κ3) is 32.5. The average molecular weight is 308 g/mol. The molecule has 0 aromatic rings. The summed E-state index contributed by atoms with van der Waals surface area (Å²) in [5.74, 6) is 0. The first-order valence-electron chi connectivity index (χ1n) is 0.651. The number of hydrogen-bond donors (Lipinski definition) is 2. The summed E-state index contributed by atoms with van der Waals surface area (Å²) in [6, 6.07) is 0.